The number of rotatable bonds is 3. The minimum Gasteiger partial charge on any atom is -0.359 e. The highest BCUT2D eigenvalue weighted by molar-refractivity contribution is 5.57. The van der Waals surface area contributed by atoms with Crippen LogP contribution in [0.15, 0.2) is 17.3 Å². The Morgan fingerprint density at radius 3 is 3.10 bits per heavy atom. The maximum Gasteiger partial charge on any atom is 0.0907 e. The van der Waals surface area contributed by atoms with Crippen LogP contribution in [0.5, 0.6) is 0 Å². The summed E-state index contributed by atoms with van der Waals surface area (Å²) in [4.78, 5) is 6.26. The van der Waals surface area contributed by atoms with E-state index in [0.29, 0.717) is 0 Å². The van der Waals surface area contributed by atoms with Gasteiger partial charge in [0.25, 0.3) is 0 Å². The molecule has 0 spiro atoms. The Morgan fingerprint density at radius 1 is 1.60 bits per heavy atom. The van der Waals surface area contributed by atoms with Crippen LogP contribution in [0, 0.1) is 0 Å². The number of nitrogens with zero attached hydrogens (tertiary/aromatic N) is 2. The van der Waals surface area contributed by atoms with Gasteiger partial charge in [0.15, 0.2) is 0 Å². The molecule has 0 aliphatic carbocycles. The molecule has 0 aromatic rings. The van der Waals surface area contributed by atoms with Gasteiger partial charge in [-0.3, -0.25) is 0 Å². The molecule has 0 radical (unpaired) electrons. The van der Waals surface area contributed by atoms with E-state index in [1.165, 1.54) is 12.8 Å². The molecule has 0 saturated carbocycles. The molecule has 56 valence electrons. The third-order valence-corrected chi connectivity index (χ3v) is 1.56. The molecule has 0 bridgehead atoms. The Morgan fingerprint density at radius 2 is 2.50 bits per heavy atom. The van der Waals surface area contributed by atoms with Crippen LogP contribution in [0.1, 0.15) is 19.8 Å². The quantitative estimate of drug-likeness (QED) is 0.579. The highest BCUT2D eigenvalue weighted by Gasteiger charge is 1.97. The summed E-state index contributed by atoms with van der Waals surface area (Å²) in [6.45, 7) is 4.38. The molecule has 1 aliphatic heterocycles. The largest absolute Gasteiger partial charge is 0.359 e. The molecule has 0 aromatic heterocycles. The third-order valence-electron chi connectivity index (χ3n) is 1.56. The zero-order chi connectivity index (χ0) is 7.23. The minimum atomic E-state index is 1.03. The predicted octanol–water partition coefficient (Wildman–Crippen LogP) is 1.64. The second-order valence-electron chi connectivity index (χ2n) is 2.50. The van der Waals surface area contributed by atoms with Gasteiger partial charge in [-0.15, -0.1) is 0 Å². The van der Waals surface area contributed by atoms with Crippen LogP contribution in [0.25, 0.3) is 0 Å². The normalized spacial score (nSPS) is 16.3. The molecule has 2 nitrogen and oxygen atoms in total. The van der Waals surface area contributed by atoms with Crippen molar-refractivity contribution in [2.24, 2.45) is 4.99 Å². The van der Waals surface area contributed by atoms with Crippen molar-refractivity contribution < 1.29 is 0 Å². The molecular weight excluding hydrogens is 124 g/mol. The van der Waals surface area contributed by atoms with Gasteiger partial charge in [-0.25, -0.2) is 4.99 Å². The second-order valence-corrected chi connectivity index (χ2v) is 2.50. The van der Waals surface area contributed by atoms with Gasteiger partial charge in [0.2, 0.25) is 0 Å². The zero-order valence-corrected chi connectivity index (χ0v) is 6.45. The van der Waals surface area contributed by atoms with Crippen molar-refractivity contribution in [2.45, 2.75) is 19.8 Å². The van der Waals surface area contributed by atoms with E-state index >= 15 is 0 Å². The fourth-order valence-corrected chi connectivity index (χ4v) is 0.934. The van der Waals surface area contributed by atoms with Crippen LogP contribution >= 0.6 is 0 Å². The first-order valence-corrected chi connectivity index (χ1v) is 3.86. The van der Waals surface area contributed by atoms with Crippen molar-refractivity contribution in [3.05, 3.63) is 12.3 Å². The summed E-state index contributed by atoms with van der Waals surface area (Å²) in [6.07, 6.45) is 8.36. The minimum absolute atomic E-state index is 1.03. The summed E-state index contributed by atoms with van der Waals surface area (Å²) in [7, 11) is 0. The molecule has 0 fully saturated rings. The predicted molar refractivity (Wildman–Crippen MR) is 44.1 cm³/mol. The summed E-state index contributed by atoms with van der Waals surface area (Å²) < 4.78 is 0. The van der Waals surface area contributed by atoms with E-state index in [9.17, 15) is 0 Å². The Labute approximate surface area is 62.3 Å². The summed E-state index contributed by atoms with van der Waals surface area (Å²) in [5.41, 5.74) is 0. The van der Waals surface area contributed by atoms with E-state index < -0.39 is 0 Å². The van der Waals surface area contributed by atoms with Gasteiger partial charge in [-0.2, -0.15) is 0 Å². The van der Waals surface area contributed by atoms with Gasteiger partial charge < -0.3 is 4.90 Å². The molecule has 0 atom stereocenters. The average molecular weight is 138 g/mol. The SMILES string of the molecule is CCCCN1C=NC=CC1. The molecule has 10 heavy (non-hydrogen) atoms. The van der Waals surface area contributed by atoms with E-state index in [4.69, 9.17) is 0 Å². The lowest BCUT2D eigenvalue weighted by atomic mass is 10.3. The number of hydrogen-bond acceptors (Lipinski definition) is 2. The van der Waals surface area contributed by atoms with Crippen molar-refractivity contribution in [3.8, 4) is 0 Å². The molecule has 0 amide bonds. The molecular formula is C8H14N2. The van der Waals surface area contributed by atoms with Gasteiger partial charge >= 0.3 is 0 Å². The van der Waals surface area contributed by atoms with Crippen LogP contribution < -0.4 is 0 Å². The lowest BCUT2D eigenvalue weighted by Gasteiger charge is -2.18. The van der Waals surface area contributed by atoms with Gasteiger partial charge in [-0.1, -0.05) is 13.3 Å². The molecule has 1 aliphatic rings. The lowest BCUT2D eigenvalue weighted by molar-refractivity contribution is 0.454. The van der Waals surface area contributed by atoms with Crippen LogP contribution in [0.3, 0.4) is 0 Å². The summed E-state index contributed by atoms with van der Waals surface area (Å²) in [5.74, 6) is 0. The first-order valence-electron chi connectivity index (χ1n) is 3.86. The highest BCUT2D eigenvalue weighted by atomic mass is 15.1. The van der Waals surface area contributed by atoms with Crippen molar-refractivity contribution in [2.75, 3.05) is 13.1 Å². The second kappa shape index (κ2) is 4.09. The van der Waals surface area contributed by atoms with E-state index in [0.717, 1.165) is 13.1 Å². The zero-order valence-electron chi connectivity index (χ0n) is 6.45. The molecule has 0 aromatic carbocycles. The molecule has 1 heterocycles. The first kappa shape index (κ1) is 7.32. The van der Waals surface area contributed by atoms with Gasteiger partial charge in [-0.05, 0) is 12.5 Å². The maximum atomic E-state index is 4.03. The fraction of sp³-hybridized carbons (Fsp3) is 0.625. The molecule has 2 heteroatoms. The Hall–Kier alpha value is -0.790. The number of unbranched alkanes of at least 4 members (excludes halogenated alkanes) is 1. The Kier molecular flexibility index (Phi) is 3.00. The fourth-order valence-electron chi connectivity index (χ4n) is 0.934. The average Bonchev–Trinajstić information content (AvgIpc) is 2.03. The van der Waals surface area contributed by atoms with Gasteiger partial charge in [0, 0.05) is 19.3 Å². The smallest absolute Gasteiger partial charge is 0.0907 e. The standard InChI is InChI=1S/C8H14N2/c1-2-3-6-10-7-4-5-9-8-10/h4-5,8H,2-3,6-7H2,1H3. The third kappa shape index (κ3) is 2.21. The van der Waals surface area contributed by atoms with Crippen molar-refractivity contribution in [1.29, 1.82) is 0 Å². The maximum absolute atomic E-state index is 4.03. The Balaban J connectivity index is 2.17. The lowest BCUT2D eigenvalue weighted by Crippen LogP contribution is -2.24. The van der Waals surface area contributed by atoms with E-state index in [1.807, 2.05) is 12.5 Å². The molecule has 0 saturated heterocycles. The van der Waals surface area contributed by atoms with E-state index in [-0.39, 0.29) is 0 Å². The van der Waals surface area contributed by atoms with Crippen LogP contribution in [0.2, 0.25) is 0 Å². The van der Waals surface area contributed by atoms with Crippen molar-refractivity contribution >= 4 is 6.34 Å². The van der Waals surface area contributed by atoms with E-state index in [2.05, 4.69) is 22.9 Å². The Bertz CT molecular complexity index is 138. The van der Waals surface area contributed by atoms with Gasteiger partial charge in [0.1, 0.15) is 0 Å². The highest BCUT2D eigenvalue weighted by Crippen LogP contribution is 1.96. The number of aliphatic imine (C=N–C) groups is 1. The van der Waals surface area contributed by atoms with Crippen molar-refractivity contribution in [1.82, 2.24) is 4.90 Å². The molecule has 0 N–H and O–H groups in total. The summed E-state index contributed by atoms with van der Waals surface area (Å²) >= 11 is 0. The van der Waals surface area contributed by atoms with E-state index in [1.54, 1.807) is 0 Å². The molecule has 1 rings (SSSR count). The first-order chi connectivity index (χ1) is 4.93. The van der Waals surface area contributed by atoms with Crippen LogP contribution in [0.4, 0.5) is 0 Å². The molecule has 0 unspecified atom stereocenters. The topological polar surface area (TPSA) is 15.6 Å². The van der Waals surface area contributed by atoms with Crippen molar-refractivity contribution in [3.63, 3.8) is 0 Å². The van der Waals surface area contributed by atoms with Crippen LogP contribution in [-0.4, -0.2) is 24.3 Å². The number of hydrogen-bond donors (Lipinski definition) is 0. The summed E-state index contributed by atoms with van der Waals surface area (Å²) in [5, 5.41) is 0. The monoisotopic (exact) mass is 138 g/mol. The summed E-state index contributed by atoms with van der Waals surface area (Å²) in [6, 6.07) is 0. The van der Waals surface area contributed by atoms with Gasteiger partial charge in [0.05, 0.1) is 6.34 Å². The van der Waals surface area contributed by atoms with Crippen LogP contribution in [-0.2, 0) is 0 Å².